The Hall–Kier alpha value is -0.810. The molecule has 2 aromatic rings. The Morgan fingerprint density at radius 2 is 1.94 bits per heavy atom. The molecule has 0 aliphatic heterocycles. The van der Waals surface area contributed by atoms with Crippen LogP contribution in [0.1, 0.15) is 17.4 Å². The quantitative estimate of drug-likeness (QED) is 0.671. The van der Waals surface area contributed by atoms with Crippen molar-refractivity contribution in [2.24, 2.45) is 5.84 Å². The molecule has 0 aliphatic rings. The summed E-state index contributed by atoms with van der Waals surface area (Å²) in [6.07, 6.45) is 0.744. The third kappa shape index (κ3) is 3.33. The molecule has 0 aliphatic carbocycles. The predicted molar refractivity (Wildman–Crippen MR) is 71.6 cm³/mol. The van der Waals surface area contributed by atoms with Crippen LogP contribution in [0.2, 0.25) is 5.22 Å². The summed E-state index contributed by atoms with van der Waals surface area (Å²) in [5, 5.41) is 0.371. The Morgan fingerprint density at radius 1 is 1.24 bits per heavy atom. The standard InChI is InChI=1S/C12H12BrClN2O/c13-9-3-1-8(2-4-9)7-10(16-15)11-5-6-12(14)17-11/h1-6,10,16H,7,15H2. The van der Waals surface area contributed by atoms with Gasteiger partial charge in [0.2, 0.25) is 0 Å². The van der Waals surface area contributed by atoms with E-state index >= 15 is 0 Å². The summed E-state index contributed by atoms with van der Waals surface area (Å²) in [5.74, 6) is 6.27. The zero-order chi connectivity index (χ0) is 12.3. The van der Waals surface area contributed by atoms with E-state index in [1.807, 2.05) is 30.3 Å². The van der Waals surface area contributed by atoms with Crippen LogP contribution in [0.3, 0.4) is 0 Å². The lowest BCUT2D eigenvalue weighted by Crippen LogP contribution is -2.29. The second-order valence-corrected chi connectivity index (χ2v) is 4.98. The Morgan fingerprint density at radius 3 is 2.47 bits per heavy atom. The van der Waals surface area contributed by atoms with Gasteiger partial charge < -0.3 is 4.42 Å². The van der Waals surface area contributed by atoms with Gasteiger partial charge in [-0.2, -0.15) is 0 Å². The maximum Gasteiger partial charge on any atom is 0.193 e. The summed E-state index contributed by atoms with van der Waals surface area (Å²) in [4.78, 5) is 0. The monoisotopic (exact) mass is 314 g/mol. The van der Waals surface area contributed by atoms with Crippen molar-refractivity contribution in [1.29, 1.82) is 0 Å². The molecular formula is C12H12BrClN2O. The largest absolute Gasteiger partial charge is 0.448 e. The number of halogens is 2. The van der Waals surface area contributed by atoms with Gasteiger partial charge in [-0.1, -0.05) is 28.1 Å². The molecule has 0 fully saturated rings. The molecule has 2 rings (SSSR count). The second kappa shape index (κ2) is 5.69. The molecule has 1 atom stereocenters. The van der Waals surface area contributed by atoms with Crippen molar-refractivity contribution in [2.75, 3.05) is 0 Å². The molecule has 0 saturated carbocycles. The van der Waals surface area contributed by atoms with E-state index in [0.29, 0.717) is 5.22 Å². The molecule has 0 spiro atoms. The molecule has 1 unspecified atom stereocenters. The molecule has 3 N–H and O–H groups in total. The third-order valence-corrected chi connectivity index (χ3v) is 3.22. The lowest BCUT2D eigenvalue weighted by Gasteiger charge is -2.13. The molecule has 5 heteroatoms. The van der Waals surface area contributed by atoms with Crippen LogP contribution >= 0.6 is 27.5 Å². The fourth-order valence-electron chi connectivity index (χ4n) is 1.61. The second-order valence-electron chi connectivity index (χ2n) is 3.69. The first-order valence-electron chi connectivity index (χ1n) is 5.15. The van der Waals surface area contributed by atoms with E-state index in [2.05, 4.69) is 21.4 Å². The zero-order valence-corrected chi connectivity index (χ0v) is 11.3. The highest BCUT2D eigenvalue weighted by Crippen LogP contribution is 2.23. The number of nitrogens with one attached hydrogen (secondary N) is 1. The van der Waals surface area contributed by atoms with Crippen LogP contribution in [0.5, 0.6) is 0 Å². The Balaban J connectivity index is 2.12. The minimum Gasteiger partial charge on any atom is -0.448 e. The molecule has 90 valence electrons. The van der Waals surface area contributed by atoms with Crippen molar-refractivity contribution < 1.29 is 4.42 Å². The highest BCUT2D eigenvalue weighted by atomic mass is 79.9. The van der Waals surface area contributed by atoms with Gasteiger partial charge in [-0.3, -0.25) is 5.84 Å². The van der Waals surface area contributed by atoms with Gasteiger partial charge in [0.1, 0.15) is 5.76 Å². The molecule has 0 amide bonds. The van der Waals surface area contributed by atoms with Crippen LogP contribution in [-0.4, -0.2) is 0 Å². The van der Waals surface area contributed by atoms with Crippen LogP contribution in [0.4, 0.5) is 0 Å². The van der Waals surface area contributed by atoms with Crippen molar-refractivity contribution >= 4 is 27.5 Å². The van der Waals surface area contributed by atoms with Crippen LogP contribution in [0, 0.1) is 0 Å². The van der Waals surface area contributed by atoms with E-state index in [1.54, 1.807) is 6.07 Å². The molecule has 17 heavy (non-hydrogen) atoms. The van der Waals surface area contributed by atoms with E-state index in [1.165, 1.54) is 5.56 Å². The molecular weight excluding hydrogens is 304 g/mol. The summed E-state index contributed by atoms with van der Waals surface area (Å²) in [6.45, 7) is 0. The van der Waals surface area contributed by atoms with Crippen LogP contribution in [-0.2, 0) is 6.42 Å². The van der Waals surface area contributed by atoms with Gasteiger partial charge in [0.15, 0.2) is 5.22 Å². The summed E-state index contributed by atoms with van der Waals surface area (Å²) in [5.41, 5.74) is 3.90. The maximum absolute atomic E-state index is 5.74. The van der Waals surface area contributed by atoms with Crippen LogP contribution in [0.25, 0.3) is 0 Å². The van der Waals surface area contributed by atoms with Gasteiger partial charge in [0.05, 0.1) is 6.04 Å². The lowest BCUT2D eigenvalue weighted by molar-refractivity contribution is 0.417. The normalized spacial score (nSPS) is 12.6. The van der Waals surface area contributed by atoms with Crippen molar-refractivity contribution in [3.8, 4) is 0 Å². The summed E-state index contributed by atoms with van der Waals surface area (Å²) < 4.78 is 6.40. The first-order valence-corrected chi connectivity index (χ1v) is 6.32. The maximum atomic E-state index is 5.74. The van der Waals surface area contributed by atoms with Gasteiger partial charge in [-0.25, -0.2) is 5.43 Å². The number of nitrogens with two attached hydrogens (primary N) is 1. The topological polar surface area (TPSA) is 51.2 Å². The van der Waals surface area contributed by atoms with E-state index in [-0.39, 0.29) is 6.04 Å². The molecule has 0 radical (unpaired) electrons. The molecule has 0 bridgehead atoms. The summed E-state index contributed by atoms with van der Waals surface area (Å²) in [6, 6.07) is 11.5. The van der Waals surface area contributed by atoms with Crippen molar-refractivity contribution in [2.45, 2.75) is 12.5 Å². The first kappa shape index (κ1) is 12.6. The summed E-state index contributed by atoms with van der Waals surface area (Å²) >= 11 is 9.14. The number of furan rings is 1. The fourth-order valence-corrected chi connectivity index (χ4v) is 2.03. The highest BCUT2D eigenvalue weighted by Gasteiger charge is 2.14. The Labute approximate surface area is 113 Å². The SMILES string of the molecule is NNC(Cc1ccc(Br)cc1)c1ccc(Cl)o1. The van der Waals surface area contributed by atoms with Crippen molar-refractivity contribution in [1.82, 2.24) is 5.43 Å². The molecule has 3 nitrogen and oxygen atoms in total. The van der Waals surface area contributed by atoms with Crippen molar-refractivity contribution in [3.63, 3.8) is 0 Å². The van der Waals surface area contributed by atoms with Crippen LogP contribution < -0.4 is 11.3 Å². The van der Waals surface area contributed by atoms with E-state index < -0.39 is 0 Å². The Bertz CT molecular complexity index is 484. The minimum absolute atomic E-state index is 0.0799. The van der Waals surface area contributed by atoms with Gasteiger partial charge in [0.25, 0.3) is 0 Å². The molecule has 0 saturated heterocycles. The average molecular weight is 316 g/mol. The van der Waals surface area contributed by atoms with Gasteiger partial charge in [0, 0.05) is 4.47 Å². The number of rotatable bonds is 4. The van der Waals surface area contributed by atoms with E-state index in [4.69, 9.17) is 21.9 Å². The number of hydrogen-bond acceptors (Lipinski definition) is 3. The van der Waals surface area contributed by atoms with E-state index in [9.17, 15) is 0 Å². The highest BCUT2D eigenvalue weighted by molar-refractivity contribution is 9.10. The fraction of sp³-hybridized carbons (Fsp3) is 0.167. The number of hydrazine groups is 1. The van der Waals surface area contributed by atoms with Gasteiger partial charge >= 0.3 is 0 Å². The molecule has 1 aromatic heterocycles. The minimum atomic E-state index is -0.0799. The molecule has 1 heterocycles. The zero-order valence-electron chi connectivity index (χ0n) is 8.99. The number of hydrogen-bond donors (Lipinski definition) is 2. The smallest absolute Gasteiger partial charge is 0.193 e. The van der Waals surface area contributed by atoms with Gasteiger partial charge in [-0.05, 0) is 47.9 Å². The van der Waals surface area contributed by atoms with Crippen molar-refractivity contribution in [3.05, 3.63) is 57.4 Å². The van der Waals surface area contributed by atoms with E-state index in [0.717, 1.165) is 16.7 Å². The third-order valence-electron chi connectivity index (χ3n) is 2.49. The number of benzene rings is 1. The first-order chi connectivity index (χ1) is 8.19. The van der Waals surface area contributed by atoms with Crippen LogP contribution in [0.15, 0.2) is 45.3 Å². The lowest BCUT2D eigenvalue weighted by atomic mass is 10.0. The average Bonchev–Trinajstić information content (AvgIpc) is 2.75. The van der Waals surface area contributed by atoms with Gasteiger partial charge in [-0.15, -0.1) is 0 Å². The Kier molecular flexibility index (Phi) is 4.23. The summed E-state index contributed by atoms with van der Waals surface area (Å²) in [7, 11) is 0. The predicted octanol–water partition coefficient (Wildman–Crippen LogP) is 3.44. The molecule has 1 aromatic carbocycles.